The Morgan fingerprint density at radius 2 is 2.16 bits per heavy atom. The Morgan fingerprint density at radius 3 is 2.79 bits per heavy atom. The molecule has 0 radical (unpaired) electrons. The van der Waals surface area contributed by atoms with E-state index in [-0.39, 0.29) is 19.0 Å². The summed E-state index contributed by atoms with van der Waals surface area (Å²) in [6, 6.07) is 5.37. The molecule has 1 aromatic rings. The van der Waals surface area contributed by atoms with Crippen LogP contribution in [0, 0.1) is 0 Å². The third-order valence-corrected chi connectivity index (χ3v) is 3.51. The normalized spacial score (nSPS) is 16.2. The van der Waals surface area contributed by atoms with Gasteiger partial charge in [-0.3, -0.25) is 4.79 Å². The summed E-state index contributed by atoms with van der Waals surface area (Å²) in [5, 5.41) is 16.6. The molecule has 0 spiro atoms. The lowest BCUT2D eigenvalue weighted by Crippen LogP contribution is -2.36. The Bertz CT molecular complexity index is 464. The first-order valence-corrected chi connectivity index (χ1v) is 6.95. The monoisotopic (exact) mass is 302 g/mol. The fourth-order valence-corrected chi connectivity index (χ4v) is 2.21. The average Bonchev–Trinajstić information content (AvgIpc) is 3.17. The van der Waals surface area contributed by atoms with Gasteiger partial charge in [0, 0.05) is 28.2 Å². The highest BCUT2D eigenvalue weighted by Gasteiger charge is 2.21. The van der Waals surface area contributed by atoms with E-state index in [9.17, 15) is 9.90 Å². The number of hydrogen-bond donors (Lipinski definition) is 3. The van der Waals surface area contributed by atoms with Gasteiger partial charge in [0.15, 0.2) is 0 Å². The molecule has 0 bridgehead atoms. The standard InChI is InChI=1S/C13H16Cl2N2O2/c14-8-1-4-10(11(15)5-8)12(18)6-17-13(19)7-16-9-2-3-9/h1,4-5,9,12,16,18H,2-3,6-7H2,(H,17,19). The van der Waals surface area contributed by atoms with Crippen LogP contribution in [0.3, 0.4) is 0 Å². The van der Waals surface area contributed by atoms with Gasteiger partial charge in [0.05, 0.1) is 12.6 Å². The summed E-state index contributed by atoms with van der Waals surface area (Å²) in [7, 11) is 0. The highest BCUT2D eigenvalue weighted by atomic mass is 35.5. The van der Waals surface area contributed by atoms with Gasteiger partial charge in [-0.05, 0) is 25.0 Å². The predicted octanol–water partition coefficient (Wildman–Crippen LogP) is 1.90. The Kier molecular flexibility index (Phi) is 5.05. The molecule has 104 valence electrons. The first-order chi connectivity index (χ1) is 9.06. The van der Waals surface area contributed by atoms with Crippen molar-refractivity contribution in [1.82, 2.24) is 10.6 Å². The molecule has 1 aliphatic rings. The molecule has 1 fully saturated rings. The quantitative estimate of drug-likeness (QED) is 0.752. The van der Waals surface area contributed by atoms with Crippen LogP contribution >= 0.6 is 23.2 Å². The van der Waals surface area contributed by atoms with E-state index in [1.165, 1.54) is 0 Å². The lowest BCUT2D eigenvalue weighted by Gasteiger charge is -2.14. The molecule has 4 nitrogen and oxygen atoms in total. The molecule has 0 saturated heterocycles. The van der Waals surface area contributed by atoms with E-state index in [0.717, 1.165) is 12.8 Å². The fraction of sp³-hybridized carbons (Fsp3) is 0.462. The summed E-state index contributed by atoms with van der Waals surface area (Å²) in [6.07, 6.45) is 1.43. The van der Waals surface area contributed by atoms with Crippen LogP contribution in [-0.4, -0.2) is 30.1 Å². The maximum absolute atomic E-state index is 11.5. The van der Waals surface area contributed by atoms with Gasteiger partial charge in [-0.1, -0.05) is 29.3 Å². The van der Waals surface area contributed by atoms with Crippen LogP contribution in [0.1, 0.15) is 24.5 Å². The van der Waals surface area contributed by atoms with E-state index in [1.54, 1.807) is 18.2 Å². The number of halogens is 2. The Labute approximate surface area is 122 Å². The predicted molar refractivity (Wildman–Crippen MR) is 75.5 cm³/mol. The van der Waals surface area contributed by atoms with Gasteiger partial charge in [-0.2, -0.15) is 0 Å². The van der Waals surface area contributed by atoms with Crippen molar-refractivity contribution in [1.29, 1.82) is 0 Å². The smallest absolute Gasteiger partial charge is 0.234 e. The molecular formula is C13H16Cl2N2O2. The zero-order valence-electron chi connectivity index (χ0n) is 10.3. The van der Waals surface area contributed by atoms with Gasteiger partial charge >= 0.3 is 0 Å². The van der Waals surface area contributed by atoms with Gasteiger partial charge in [-0.25, -0.2) is 0 Å². The average molecular weight is 303 g/mol. The Morgan fingerprint density at radius 1 is 1.42 bits per heavy atom. The van der Waals surface area contributed by atoms with E-state index < -0.39 is 6.10 Å². The van der Waals surface area contributed by atoms with Crippen LogP contribution in [0.2, 0.25) is 10.0 Å². The van der Waals surface area contributed by atoms with Crippen molar-refractivity contribution in [2.75, 3.05) is 13.1 Å². The topological polar surface area (TPSA) is 61.4 Å². The van der Waals surface area contributed by atoms with E-state index in [4.69, 9.17) is 23.2 Å². The minimum absolute atomic E-state index is 0.129. The van der Waals surface area contributed by atoms with Gasteiger partial charge in [0.1, 0.15) is 0 Å². The molecule has 0 heterocycles. The second-order valence-electron chi connectivity index (χ2n) is 4.64. The Hall–Kier alpha value is -0.810. The Balaban J connectivity index is 1.79. The summed E-state index contributed by atoms with van der Waals surface area (Å²) < 4.78 is 0. The summed E-state index contributed by atoms with van der Waals surface area (Å²) in [5.41, 5.74) is 0.557. The summed E-state index contributed by atoms with van der Waals surface area (Å²) in [4.78, 5) is 11.5. The zero-order chi connectivity index (χ0) is 13.8. The third-order valence-electron chi connectivity index (χ3n) is 2.94. The van der Waals surface area contributed by atoms with Gasteiger partial charge in [0.25, 0.3) is 0 Å². The minimum Gasteiger partial charge on any atom is -0.387 e. The molecular weight excluding hydrogens is 287 g/mol. The molecule has 2 rings (SSSR count). The van der Waals surface area contributed by atoms with Gasteiger partial charge in [0.2, 0.25) is 5.91 Å². The van der Waals surface area contributed by atoms with Crippen molar-refractivity contribution in [3.8, 4) is 0 Å². The summed E-state index contributed by atoms with van der Waals surface area (Å²) in [5.74, 6) is -0.129. The van der Waals surface area contributed by atoms with E-state index in [0.29, 0.717) is 21.7 Å². The summed E-state index contributed by atoms with van der Waals surface area (Å²) in [6.45, 7) is 0.415. The molecule has 1 amide bonds. The van der Waals surface area contributed by atoms with E-state index >= 15 is 0 Å². The number of hydrogen-bond acceptors (Lipinski definition) is 3. The number of carbonyl (C=O) groups excluding carboxylic acids is 1. The van der Waals surface area contributed by atoms with Crippen molar-refractivity contribution >= 4 is 29.1 Å². The summed E-state index contributed by atoms with van der Waals surface area (Å²) >= 11 is 11.8. The number of aliphatic hydroxyl groups is 1. The molecule has 3 N–H and O–H groups in total. The van der Waals surface area contributed by atoms with E-state index in [1.807, 2.05) is 0 Å². The minimum atomic E-state index is -0.838. The van der Waals surface area contributed by atoms with Crippen LogP contribution in [0.5, 0.6) is 0 Å². The molecule has 19 heavy (non-hydrogen) atoms. The number of aliphatic hydroxyl groups excluding tert-OH is 1. The largest absolute Gasteiger partial charge is 0.387 e. The maximum Gasteiger partial charge on any atom is 0.234 e. The number of carbonyl (C=O) groups is 1. The van der Waals surface area contributed by atoms with E-state index in [2.05, 4.69) is 10.6 Å². The molecule has 0 aromatic heterocycles. The molecule has 1 atom stereocenters. The zero-order valence-corrected chi connectivity index (χ0v) is 11.8. The lowest BCUT2D eigenvalue weighted by molar-refractivity contribution is -0.120. The number of rotatable bonds is 6. The highest BCUT2D eigenvalue weighted by molar-refractivity contribution is 6.35. The number of amides is 1. The van der Waals surface area contributed by atoms with Crippen molar-refractivity contribution in [3.63, 3.8) is 0 Å². The van der Waals surface area contributed by atoms with Gasteiger partial charge in [-0.15, -0.1) is 0 Å². The fourth-order valence-electron chi connectivity index (χ4n) is 1.68. The second-order valence-corrected chi connectivity index (χ2v) is 5.48. The van der Waals surface area contributed by atoms with Crippen molar-refractivity contribution in [2.45, 2.75) is 25.0 Å². The van der Waals surface area contributed by atoms with Crippen LogP contribution in [-0.2, 0) is 4.79 Å². The SMILES string of the molecule is O=C(CNC1CC1)NCC(O)c1ccc(Cl)cc1Cl. The first kappa shape index (κ1) is 14.6. The number of benzene rings is 1. The second kappa shape index (κ2) is 6.57. The van der Waals surface area contributed by atoms with Crippen LogP contribution in [0.25, 0.3) is 0 Å². The molecule has 1 aliphatic carbocycles. The van der Waals surface area contributed by atoms with Crippen LogP contribution in [0.4, 0.5) is 0 Å². The molecule has 1 aromatic carbocycles. The lowest BCUT2D eigenvalue weighted by atomic mass is 10.1. The molecule has 0 aliphatic heterocycles. The van der Waals surface area contributed by atoms with Gasteiger partial charge < -0.3 is 15.7 Å². The maximum atomic E-state index is 11.5. The number of nitrogens with one attached hydrogen (secondary N) is 2. The van der Waals surface area contributed by atoms with Crippen molar-refractivity contribution in [3.05, 3.63) is 33.8 Å². The van der Waals surface area contributed by atoms with Crippen molar-refractivity contribution in [2.24, 2.45) is 0 Å². The molecule has 6 heteroatoms. The van der Waals surface area contributed by atoms with Crippen LogP contribution < -0.4 is 10.6 Å². The molecule has 1 saturated carbocycles. The first-order valence-electron chi connectivity index (χ1n) is 6.19. The third kappa shape index (κ3) is 4.66. The van der Waals surface area contributed by atoms with Crippen LogP contribution in [0.15, 0.2) is 18.2 Å². The van der Waals surface area contributed by atoms with Crippen molar-refractivity contribution < 1.29 is 9.90 Å². The molecule has 1 unspecified atom stereocenters. The highest BCUT2D eigenvalue weighted by Crippen LogP contribution is 2.25.